The van der Waals surface area contributed by atoms with Gasteiger partial charge in [0.1, 0.15) is 0 Å². The molecule has 76 heavy (non-hydrogen) atoms. The summed E-state index contributed by atoms with van der Waals surface area (Å²) in [5, 5.41) is 1.54. The van der Waals surface area contributed by atoms with Gasteiger partial charge in [0.25, 0.3) is 0 Å². The molecule has 0 radical (unpaired) electrons. The van der Waals surface area contributed by atoms with E-state index in [4.69, 9.17) is 0 Å². The van der Waals surface area contributed by atoms with Crippen LogP contribution in [0.5, 0.6) is 0 Å². The van der Waals surface area contributed by atoms with Gasteiger partial charge in [0, 0.05) is 32.7 Å². The van der Waals surface area contributed by atoms with E-state index in [1.165, 1.54) is 63.7 Å². The molecule has 0 bridgehead atoms. The zero-order chi connectivity index (χ0) is 53.9. The molecular formula is C58H30F15N3. The van der Waals surface area contributed by atoms with Crippen molar-refractivity contribution in [3.8, 4) is 56.1 Å². The smallest absolute Gasteiger partial charge is 0.307 e. The minimum atomic E-state index is -5.22. The normalized spacial score (nSPS) is 12.9. The lowest BCUT2D eigenvalue weighted by molar-refractivity contribution is -0.144. The number of benzene rings is 8. The zero-order valence-corrected chi connectivity index (χ0v) is 38.3. The van der Waals surface area contributed by atoms with Gasteiger partial charge in [-0.15, -0.1) is 0 Å². The number of rotatable bonds is 6. The lowest BCUT2D eigenvalue weighted by Crippen LogP contribution is -2.12. The number of pyridine rings is 1. The molecule has 0 unspecified atom stereocenters. The van der Waals surface area contributed by atoms with Crippen LogP contribution in [-0.4, -0.2) is 14.1 Å². The van der Waals surface area contributed by atoms with Crippen molar-refractivity contribution >= 4 is 43.6 Å². The molecule has 11 aromatic rings. The summed E-state index contributed by atoms with van der Waals surface area (Å²) in [6.45, 7) is 0. The van der Waals surface area contributed by atoms with E-state index in [0.29, 0.717) is 56.9 Å². The molecule has 0 aliphatic rings. The fourth-order valence-electron chi connectivity index (χ4n) is 9.80. The van der Waals surface area contributed by atoms with Gasteiger partial charge in [-0.3, -0.25) is 0 Å². The number of alkyl halides is 15. The van der Waals surface area contributed by atoms with Crippen molar-refractivity contribution in [1.29, 1.82) is 0 Å². The van der Waals surface area contributed by atoms with Gasteiger partial charge in [0.2, 0.25) is 0 Å². The molecule has 0 spiro atoms. The van der Waals surface area contributed by atoms with Gasteiger partial charge in [-0.05, 0) is 107 Å². The van der Waals surface area contributed by atoms with Crippen LogP contribution in [0.4, 0.5) is 65.9 Å². The van der Waals surface area contributed by atoms with Crippen molar-refractivity contribution in [3.05, 3.63) is 210 Å². The van der Waals surface area contributed by atoms with Crippen LogP contribution in [0.25, 0.3) is 99.8 Å². The molecule has 3 nitrogen and oxygen atoms in total. The molecule has 0 aliphatic heterocycles. The molecule has 0 aliphatic carbocycles. The van der Waals surface area contributed by atoms with Gasteiger partial charge >= 0.3 is 30.9 Å². The second-order valence-electron chi connectivity index (χ2n) is 17.9. The van der Waals surface area contributed by atoms with E-state index in [0.717, 1.165) is 6.07 Å². The number of fused-ring (bicyclic) bond motifs is 6. The molecule has 0 N–H and O–H groups in total. The Morgan fingerprint density at radius 2 is 0.671 bits per heavy atom. The molecule has 0 saturated carbocycles. The number of para-hydroxylation sites is 2. The van der Waals surface area contributed by atoms with Gasteiger partial charge in [0.15, 0.2) is 0 Å². The lowest BCUT2D eigenvalue weighted by Gasteiger charge is -2.22. The summed E-state index contributed by atoms with van der Waals surface area (Å²) < 4.78 is 222. The predicted molar refractivity (Wildman–Crippen MR) is 260 cm³/mol. The van der Waals surface area contributed by atoms with Crippen molar-refractivity contribution in [2.24, 2.45) is 0 Å². The van der Waals surface area contributed by atoms with Gasteiger partial charge in [0.05, 0.1) is 72.6 Å². The zero-order valence-electron chi connectivity index (χ0n) is 38.3. The maximum Gasteiger partial charge on any atom is 0.417 e. The molecule has 0 atom stereocenters. The first-order valence-electron chi connectivity index (χ1n) is 22.8. The third-order valence-corrected chi connectivity index (χ3v) is 13.2. The fourth-order valence-corrected chi connectivity index (χ4v) is 9.80. The maximum atomic E-state index is 16.0. The van der Waals surface area contributed by atoms with E-state index in [1.54, 1.807) is 84.9 Å². The maximum absolute atomic E-state index is 16.0. The lowest BCUT2D eigenvalue weighted by atomic mass is 9.97. The second-order valence-corrected chi connectivity index (χ2v) is 17.9. The number of hydrogen-bond acceptors (Lipinski definition) is 1. The Bertz CT molecular complexity index is 4030. The quantitative estimate of drug-likeness (QED) is 0.152. The highest BCUT2D eigenvalue weighted by molar-refractivity contribution is 6.13. The molecule has 0 saturated heterocycles. The van der Waals surface area contributed by atoms with Crippen LogP contribution in [0, 0.1) is 0 Å². The fraction of sp³-hybridized carbons (Fsp3) is 0.0862. The van der Waals surface area contributed by atoms with Crippen LogP contribution < -0.4 is 0 Å². The van der Waals surface area contributed by atoms with Gasteiger partial charge in [-0.2, -0.15) is 65.9 Å². The summed E-state index contributed by atoms with van der Waals surface area (Å²) in [5.74, 6) is 0. The average Bonchev–Trinajstić information content (AvgIpc) is 4.08. The van der Waals surface area contributed by atoms with Crippen molar-refractivity contribution in [1.82, 2.24) is 14.1 Å². The molecule has 3 heterocycles. The Morgan fingerprint density at radius 3 is 1.11 bits per heavy atom. The first-order valence-corrected chi connectivity index (χ1v) is 22.8. The molecule has 8 aromatic carbocycles. The highest BCUT2D eigenvalue weighted by atomic mass is 19.4. The molecular weight excluding hydrogens is 1020 g/mol. The SMILES string of the molecule is FC(F)(F)c1cc(-c2ccc3c4ccccc4n(-c4cc(-c5cccc(-c6ccccc6)n5)c(C(F)(F)F)cc4-n4c5ccccc5c5ccc(-c6cc(C(F)(F)F)cc(C(F)(F)F)c6)cc54)c3c2)cc(C(F)(F)F)c1. The topological polar surface area (TPSA) is 22.8 Å². The Labute approximate surface area is 419 Å². The minimum Gasteiger partial charge on any atom is -0.307 e. The third kappa shape index (κ3) is 8.83. The molecule has 3 aromatic heterocycles. The first kappa shape index (κ1) is 49.7. The Morgan fingerprint density at radius 1 is 0.276 bits per heavy atom. The van der Waals surface area contributed by atoms with Gasteiger partial charge in [-0.1, -0.05) is 97.1 Å². The van der Waals surface area contributed by atoms with Crippen LogP contribution in [0.1, 0.15) is 27.8 Å². The third-order valence-electron chi connectivity index (χ3n) is 13.2. The van der Waals surface area contributed by atoms with E-state index in [-0.39, 0.29) is 62.6 Å². The van der Waals surface area contributed by atoms with Crippen molar-refractivity contribution in [3.63, 3.8) is 0 Å². The highest BCUT2D eigenvalue weighted by Crippen LogP contribution is 2.47. The average molecular weight is 1050 g/mol. The van der Waals surface area contributed by atoms with E-state index in [9.17, 15) is 52.7 Å². The Balaban J connectivity index is 1.28. The number of hydrogen-bond donors (Lipinski definition) is 0. The minimum absolute atomic E-state index is 0.0186. The summed E-state index contributed by atoms with van der Waals surface area (Å²) >= 11 is 0. The number of aromatic nitrogens is 3. The molecule has 0 fully saturated rings. The predicted octanol–water partition coefficient (Wildman–Crippen LogP) is 19.0. The van der Waals surface area contributed by atoms with Crippen LogP contribution in [0.2, 0.25) is 0 Å². The summed E-state index contributed by atoms with van der Waals surface area (Å²) in [6, 6.07) is 38.1. The standard InChI is InChI=1S/C58H30F15N3/c59-54(60,61)36-21-34(22-37(27-36)55(62,63)64)32-17-19-42-40-11-4-6-15-48(40)75(50(42)25-32)52-29-44(47-14-8-13-46(74-47)31-9-2-1-3-10-31)45(58(71,72)73)30-53(52)76-49-16-7-5-12-41(49)43-20-18-33(26-51(43)76)35-23-38(56(65,66)67)28-39(24-35)57(68,69)70/h1-30H. The van der Waals surface area contributed by atoms with E-state index in [2.05, 4.69) is 4.98 Å². The van der Waals surface area contributed by atoms with Crippen LogP contribution >= 0.6 is 0 Å². The van der Waals surface area contributed by atoms with Crippen LogP contribution in [0.3, 0.4) is 0 Å². The molecule has 0 amide bonds. The van der Waals surface area contributed by atoms with Crippen LogP contribution in [-0.2, 0) is 30.9 Å². The van der Waals surface area contributed by atoms with Crippen molar-refractivity contribution < 1.29 is 65.9 Å². The van der Waals surface area contributed by atoms with E-state index in [1.807, 2.05) is 0 Å². The highest BCUT2D eigenvalue weighted by Gasteiger charge is 2.40. The summed E-state index contributed by atoms with van der Waals surface area (Å²) in [4.78, 5) is 4.67. The monoisotopic (exact) mass is 1050 g/mol. The Hall–Kier alpha value is -8.54. The second kappa shape index (κ2) is 17.5. The largest absolute Gasteiger partial charge is 0.417 e. The number of halogens is 15. The van der Waals surface area contributed by atoms with Crippen molar-refractivity contribution in [2.75, 3.05) is 0 Å². The van der Waals surface area contributed by atoms with E-state index >= 15 is 13.2 Å². The van der Waals surface area contributed by atoms with E-state index < -0.39 is 75.4 Å². The summed E-state index contributed by atoms with van der Waals surface area (Å²) in [6.07, 6.45) is -26.0. The van der Waals surface area contributed by atoms with Gasteiger partial charge in [-0.25, -0.2) is 4.98 Å². The number of nitrogens with zero attached hydrogens (tertiary/aromatic N) is 3. The summed E-state index contributed by atoms with van der Waals surface area (Å²) in [5.41, 5.74) is -8.42. The van der Waals surface area contributed by atoms with Crippen LogP contribution in [0.15, 0.2) is 182 Å². The van der Waals surface area contributed by atoms with Gasteiger partial charge < -0.3 is 9.13 Å². The Kier molecular flexibility index (Phi) is 11.5. The van der Waals surface area contributed by atoms with Crippen molar-refractivity contribution in [2.45, 2.75) is 30.9 Å². The molecule has 11 rings (SSSR count). The molecule has 18 heteroatoms. The molecule has 382 valence electrons. The summed E-state index contributed by atoms with van der Waals surface area (Å²) in [7, 11) is 0. The first-order chi connectivity index (χ1) is 35.8.